The van der Waals surface area contributed by atoms with Gasteiger partial charge in [0.1, 0.15) is 5.75 Å². The van der Waals surface area contributed by atoms with Crippen LogP contribution in [0.25, 0.3) is 0 Å². The molecule has 0 unspecified atom stereocenters. The second kappa shape index (κ2) is 9.99. The topological polar surface area (TPSA) is 103 Å². The quantitative estimate of drug-likeness (QED) is 0.351. The predicted octanol–water partition coefficient (Wildman–Crippen LogP) is 3.25. The summed E-state index contributed by atoms with van der Waals surface area (Å²) in [6.45, 7) is 18.3. The van der Waals surface area contributed by atoms with Gasteiger partial charge < -0.3 is 21.5 Å². The van der Waals surface area contributed by atoms with Crippen LogP contribution in [0.4, 0.5) is 0 Å². The maximum absolute atomic E-state index is 12.2. The Hall–Kier alpha value is -2.24. The Labute approximate surface area is 176 Å². The van der Waals surface area contributed by atoms with Crippen molar-refractivity contribution in [2.24, 2.45) is 22.4 Å². The molecular formula is C23H40N4O2. The molecule has 1 aromatic carbocycles. The summed E-state index contributed by atoms with van der Waals surface area (Å²) >= 11 is 0. The first kappa shape index (κ1) is 24.8. The molecule has 0 heterocycles. The molecule has 0 radical (unpaired) electrons. The fourth-order valence-corrected chi connectivity index (χ4v) is 3.01. The van der Waals surface area contributed by atoms with Gasteiger partial charge in [-0.25, -0.2) is 0 Å². The van der Waals surface area contributed by atoms with Crippen LogP contribution in [-0.4, -0.2) is 31.6 Å². The molecule has 0 aliphatic heterocycles. The number of guanidine groups is 1. The van der Waals surface area contributed by atoms with E-state index in [4.69, 9.17) is 16.2 Å². The maximum atomic E-state index is 12.2. The number of carbonyl (C=O) groups excluding carboxylic acids is 1. The Kier molecular flexibility index (Phi) is 8.54. The monoisotopic (exact) mass is 404 g/mol. The lowest BCUT2D eigenvalue weighted by Crippen LogP contribution is -2.32. The molecule has 5 N–H and O–H groups in total. The van der Waals surface area contributed by atoms with Crippen LogP contribution in [0.5, 0.6) is 5.75 Å². The summed E-state index contributed by atoms with van der Waals surface area (Å²) in [7, 11) is 0. The van der Waals surface area contributed by atoms with Crippen LogP contribution >= 0.6 is 0 Å². The fourth-order valence-electron chi connectivity index (χ4n) is 3.01. The summed E-state index contributed by atoms with van der Waals surface area (Å²) < 4.78 is 6.11. The minimum atomic E-state index is -0.189. The number of nitrogens with two attached hydrogens (primary N) is 2. The predicted molar refractivity (Wildman–Crippen MR) is 122 cm³/mol. The first-order valence-electron chi connectivity index (χ1n) is 10.3. The van der Waals surface area contributed by atoms with Crippen molar-refractivity contribution in [3.05, 3.63) is 28.8 Å². The van der Waals surface area contributed by atoms with Gasteiger partial charge in [-0.2, -0.15) is 0 Å². The van der Waals surface area contributed by atoms with Gasteiger partial charge >= 0.3 is 0 Å². The number of benzene rings is 1. The molecule has 0 aromatic heterocycles. The van der Waals surface area contributed by atoms with Crippen LogP contribution in [-0.2, 0) is 22.0 Å². The number of hydrogen-bond donors (Lipinski definition) is 3. The summed E-state index contributed by atoms with van der Waals surface area (Å²) in [4.78, 5) is 16.1. The Balaban J connectivity index is 3.15. The second-order valence-corrected chi connectivity index (χ2v) is 10.1. The minimum absolute atomic E-state index is 0.0163. The molecule has 164 valence electrons. The molecule has 29 heavy (non-hydrogen) atoms. The Morgan fingerprint density at radius 1 is 1.10 bits per heavy atom. The van der Waals surface area contributed by atoms with E-state index in [9.17, 15) is 4.79 Å². The smallest absolute Gasteiger partial charge is 0.258 e. The number of rotatable bonds is 8. The Morgan fingerprint density at radius 3 is 2.21 bits per heavy atom. The SMILES string of the molecule is CC(C)Cc1cc(C(C)(C)C)cc(C(C)(C)C)c1OCC(=O)NCCN=C(N)N. The van der Waals surface area contributed by atoms with E-state index in [0.29, 0.717) is 19.0 Å². The molecule has 0 bridgehead atoms. The molecular weight excluding hydrogens is 364 g/mol. The Morgan fingerprint density at radius 2 is 1.72 bits per heavy atom. The Bertz CT molecular complexity index is 722. The number of hydrogen-bond acceptors (Lipinski definition) is 3. The average molecular weight is 405 g/mol. The zero-order chi connectivity index (χ0) is 22.4. The third kappa shape index (κ3) is 8.34. The van der Waals surface area contributed by atoms with Crippen molar-refractivity contribution in [3.63, 3.8) is 0 Å². The highest BCUT2D eigenvalue weighted by molar-refractivity contribution is 5.78. The average Bonchev–Trinajstić information content (AvgIpc) is 2.54. The molecule has 0 spiro atoms. The molecule has 0 saturated carbocycles. The number of aliphatic imine (C=N–C) groups is 1. The van der Waals surface area contributed by atoms with Crippen molar-refractivity contribution < 1.29 is 9.53 Å². The van der Waals surface area contributed by atoms with Gasteiger partial charge in [0.25, 0.3) is 5.91 Å². The highest BCUT2D eigenvalue weighted by atomic mass is 16.5. The number of nitrogens with zero attached hydrogens (tertiary/aromatic N) is 1. The number of ether oxygens (including phenoxy) is 1. The van der Waals surface area contributed by atoms with E-state index in [1.54, 1.807) is 0 Å². The lowest BCUT2D eigenvalue weighted by Gasteiger charge is -2.29. The molecule has 0 fully saturated rings. The van der Waals surface area contributed by atoms with Crippen LogP contribution in [0.3, 0.4) is 0 Å². The van der Waals surface area contributed by atoms with E-state index >= 15 is 0 Å². The van der Waals surface area contributed by atoms with Gasteiger partial charge in [-0.1, -0.05) is 67.5 Å². The van der Waals surface area contributed by atoms with E-state index in [1.165, 1.54) is 5.56 Å². The summed E-state index contributed by atoms with van der Waals surface area (Å²) in [6, 6.07) is 4.47. The molecule has 1 rings (SSSR count). The van der Waals surface area contributed by atoms with Crippen LogP contribution in [0.2, 0.25) is 0 Å². The summed E-state index contributed by atoms with van der Waals surface area (Å²) in [6.07, 6.45) is 0.897. The fraction of sp³-hybridized carbons (Fsp3) is 0.652. The van der Waals surface area contributed by atoms with Gasteiger partial charge in [0.2, 0.25) is 0 Å². The summed E-state index contributed by atoms with van der Waals surface area (Å²) in [5.41, 5.74) is 14.1. The largest absolute Gasteiger partial charge is 0.483 e. The van der Waals surface area contributed by atoms with E-state index in [1.807, 2.05) is 0 Å². The van der Waals surface area contributed by atoms with E-state index < -0.39 is 0 Å². The zero-order valence-electron chi connectivity index (χ0n) is 19.5. The van der Waals surface area contributed by atoms with Crippen LogP contribution < -0.4 is 21.5 Å². The lowest BCUT2D eigenvalue weighted by atomic mass is 9.78. The van der Waals surface area contributed by atoms with Crippen molar-refractivity contribution in [1.29, 1.82) is 0 Å². The van der Waals surface area contributed by atoms with Gasteiger partial charge in [0.15, 0.2) is 12.6 Å². The van der Waals surface area contributed by atoms with Crippen molar-refractivity contribution in [3.8, 4) is 5.75 Å². The highest BCUT2D eigenvalue weighted by Crippen LogP contribution is 2.39. The van der Waals surface area contributed by atoms with Gasteiger partial charge in [-0.3, -0.25) is 9.79 Å². The molecule has 0 atom stereocenters. The van der Waals surface area contributed by atoms with Crippen molar-refractivity contribution in [2.45, 2.75) is 72.6 Å². The van der Waals surface area contributed by atoms with E-state index in [-0.39, 0.29) is 29.3 Å². The van der Waals surface area contributed by atoms with Gasteiger partial charge in [0, 0.05) is 12.1 Å². The minimum Gasteiger partial charge on any atom is -0.483 e. The molecule has 1 aromatic rings. The van der Waals surface area contributed by atoms with Crippen LogP contribution in [0.15, 0.2) is 17.1 Å². The van der Waals surface area contributed by atoms with Crippen LogP contribution in [0.1, 0.15) is 72.1 Å². The zero-order valence-corrected chi connectivity index (χ0v) is 19.5. The molecule has 6 heteroatoms. The lowest BCUT2D eigenvalue weighted by molar-refractivity contribution is -0.123. The summed E-state index contributed by atoms with van der Waals surface area (Å²) in [5.74, 6) is 1.14. The molecule has 1 amide bonds. The van der Waals surface area contributed by atoms with Crippen molar-refractivity contribution in [2.75, 3.05) is 19.7 Å². The number of carbonyl (C=O) groups is 1. The van der Waals surface area contributed by atoms with Gasteiger partial charge in [-0.05, 0) is 34.3 Å². The molecule has 6 nitrogen and oxygen atoms in total. The number of nitrogens with one attached hydrogen (secondary N) is 1. The van der Waals surface area contributed by atoms with Crippen molar-refractivity contribution in [1.82, 2.24) is 5.32 Å². The van der Waals surface area contributed by atoms with E-state index in [0.717, 1.165) is 23.3 Å². The third-order valence-electron chi connectivity index (χ3n) is 4.54. The number of amides is 1. The van der Waals surface area contributed by atoms with Gasteiger partial charge in [0.05, 0.1) is 6.54 Å². The first-order valence-corrected chi connectivity index (χ1v) is 10.3. The van der Waals surface area contributed by atoms with Crippen molar-refractivity contribution >= 4 is 11.9 Å². The second-order valence-electron chi connectivity index (χ2n) is 10.1. The van der Waals surface area contributed by atoms with Gasteiger partial charge in [-0.15, -0.1) is 0 Å². The molecule has 0 aliphatic carbocycles. The highest BCUT2D eigenvalue weighted by Gasteiger charge is 2.26. The molecule has 0 aliphatic rings. The normalized spacial score (nSPS) is 12.0. The molecule has 0 saturated heterocycles. The van der Waals surface area contributed by atoms with Crippen LogP contribution in [0, 0.1) is 5.92 Å². The third-order valence-corrected chi connectivity index (χ3v) is 4.54. The van der Waals surface area contributed by atoms with E-state index in [2.05, 4.69) is 77.8 Å². The summed E-state index contributed by atoms with van der Waals surface area (Å²) in [5, 5.41) is 2.78. The first-order chi connectivity index (χ1) is 13.2. The maximum Gasteiger partial charge on any atom is 0.258 e. The standard InChI is InChI=1S/C23H40N4O2/c1-15(2)11-16-12-17(22(3,4)5)13-18(23(6,7)8)20(16)29-14-19(28)26-9-10-27-21(24)25/h12-13,15H,9-11,14H2,1-8H3,(H,26,28)(H4,24,25,27).